The fourth-order valence-electron chi connectivity index (χ4n) is 3.29. The van der Waals surface area contributed by atoms with Crippen LogP contribution in [0.3, 0.4) is 0 Å². The van der Waals surface area contributed by atoms with E-state index in [0.29, 0.717) is 18.1 Å². The first-order valence-electron chi connectivity index (χ1n) is 9.36. The van der Waals surface area contributed by atoms with Gasteiger partial charge in [-0.05, 0) is 31.9 Å². The van der Waals surface area contributed by atoms with Gasteiger partial charge in [0.2, 0.25) is 0 Å². The number of hydrogen-bond donors (Lipinski definition) is 2. The summed E-state index contributed by atoms with van der Waals surface area (Å²) in [6.07, 6.45) is 1.82. The molecule has 0 radical (unpaired) electrons. The van der Waals surface area contributed by atoms with Crippen molar-refractivity contribution in [2.75, 3.05) is 13.1 Å². The third-order valence-corrected chi connectivity index (χ3v) is 4.67. The van der Waals surface area contributed by atoms with Crippen molar-refractivity contribution >= 4 is 5.96 Å². The summed E-state index contributed by atoms with van der Waals surface area (Å²) in [7, 11) is 0. The third kappa shape index (κ3) is 4.81. The molecule has 1 aliphatic heterocycles. The molecule has 0 fully saturated rings. The van der Waals surface area contributed by atoms with Gasteiger partial charge in [-0.1, -0.05) is 13.0 Å². The molecule has 2 unspecified atom stereocenters. The zero-order chi connectivity index (χ0) is 19.4. The maximum absolute atomic E-state index is 14.0. The topological polar surface area (TPSA) is 67.1 Å². The van der Waals surface area contributed by atoms with Gasteiger partial charge in [-0.2, -0.15) is 5.10 Å². The highest BCUT2D eigenvalue weighted by molar-refractivity contribution is 5.80. The Morgan fingerprint density at radius 1 is 1.41 bits per heavy atom. The second-order valence-corrected chi connectivity index (χ2v) is 6.92. The van der Waals surface area contributed by atoms with E-state index < -0.39 is 11.6 Å². The lowest BCUT2D eigenvalue weighted by molar-refractivity contribution is 0.392. The van der Waals surface area contributed by atoms with Crippen LogP contribution in [-0.4, -0.2) is 39.9 Å². The van der Waals surface area contributed by atoms with E-state index in [2.05, 4.69) is 25.7 Å². The third-order valence-electron chi connectivity index (χ3n) is 4.67. The highest BCUT2D eigenvalue weighted by Gasteiger charge is 2.21. The Morgan fingerprint density at radius 3 is 2.96 bits per heavy atom. The highest BCUT2D eigenvalue weighted by atomic mass is 19.1. The van der Waals surface area contributed by atoms with E-state index in [-0.39, 0.29) is 12.0 Å². The smallest absolute Gasteiger partial charge is 0.191 e. The van der Waals surface area contributed by atoms with Crippen LogP contribution in [0.1, 0.15) is 43.4 Å². The first-order valence-corrected chi connectivity index (χ1v) is 9.36. The Kier molecular flexibility index (Phi) is 6.03. The van der Waals surface area contributed by atoms with Gasteiger partial charge in [0.05, 0.1) is 6.54 Å². The van der Waals surface area contributed by atoms with Crippen molar-refractivity contribution in [1.82, 2.24) is 25.4 Å². The van der Waals surface area contributed by atoms with Crippen LogP contribution in [0.4, 0.5) is 8.78 Å². The standard InChI is InChI=1S/C19H26F2N6/c1-4-22-19(23-10-12(2)16-7-5-14(20)9-17(16)21)25-15-6-8-18-24-13(3)26-27(18)11-15/h5,7,9,12,15H,4,6,8,10-11H2,1-3H3,(H2,22,23,25). The predicted molar refractivity (Wildman–Crippen MR) is 101 cm³/mol. The van der Waals surface area contributed by atoms with Crippen LogP contribution >= 0.6 is 0 Å². The van der Waals surface area contributed by atoms with Crippen LogP contribution in [0.5, 0.6) is 0 Å². The van der Waals surface area contributed by atoms with Crippen molar-refractivity contribution in [2.45, 2.75) is 52.1 Å². The van der Waals surface area contributed by atoms with E-state index in [9.17, 15) is 8.78 Å². The first kappa shape index (κ1) is 19.3. The minimum atomic E-state index is -0.568. The Hall–Kier alpha value is -2.51. The highest BCUT2D eigenvalue weighted by Crippen LogP contribution is 2.20. The Morgan fingerprint density at radius 2 is 2.22 bits per heavy atom. The minimum Gasteiger partial charge on any atom is -0.357 e. The summed E-state index contributed by atoms with van der Waals surface area (Å²) < 4.78 is 29.0. The molecule has 0 spiro atoms. The molecule has 0 aliphatic carbocycles. The number of rotatable bonds is 5. The lowest BCUT2D eigenvalue weighted by atomic mass is 10.0. The minimum absolute atomic E-state index is 0.156. The van der Waals surface area contributed by atoms with Crippen LogP contribution in [0.25, 0.3) is 0 Å². The molecule has 0 amide bonds. The molecule has 0 saturated heterocycles. The van der Waals surface area contributed by atoms with Gasteiger partial charge >= 0.3 is 0 Å². The molecule has 1 aromatic carbocycles. The van der Waals surface area contributed by atoms with E-state index in [1.54, 1.807) is 0 Å². The summed E-state index contributed by atoms with van der Waals surface area (Å²) in [5.74, 6) is 1.25. The zero-order valence-corrected chi connectivity index (χ0v) is 16.0. The van der Waals surface area contributed by atoms with Crippen LogP contribution in [0, 0.1) is 18.6 Å². The summed E-state index contributed by atoms with van der Waals surface area (Å²) >= 11 is 0. The van der Waals surface area contributed by atoms with Gasteiger partial charge in [0.15, 0.2) is 5.96 Å². The molecular weight excluding hydrogens is 350 g/mol. The Labute approximate surface area is 158 Å². The molecule has 1 aliphatic rings. The number of fused-ring (bicyclic) bond motifs is 1. The maximum Gasteiger partial charge on any atom is 0.191 e. The Bertz CT molecular complexity index is 817. The lowest BCUT2D eigenvalue weighted by Crippen LogP contribution is -2.47. The van der Waals surface area contributed by atoms with Gasteiger partial charge in [-0.15, -0.1) is 0 Å². The molecule has 146 valence electrons. The molecule has 1 aromatic heterocycles. The van der Waals surface area contributed by atoms with Crippen LogP contribution in [-0.2, 0) is 13.0 Å². The van der Waals surface area contributed by atoms with Crippen molar-refractivity contribution in [3.05, 3.63) is 47.0 Å². The molecule has 2 N–H and O–H groups in total. The Balaban J connectivity index is 1.64. The van der Waals surface area contributed by atoms with E-state index in [4.69, 9.17) is 0 Å². The predicted octanol–water partition coefficient (Wildman–Crippen LogP) is 2.54. The first-order chi connectivity index (χ1) is 13.0. The number of benzene rings is 1. The molecule has 3 rings (SSSR count). The average molecular weight is 376 g/mol. The van der Waals surface area contributed by atoms with Gasteiger partial charge in [0.25, 0.3) is 0 Å². The van der Waals surface area contributed by atoms with Gasteiger partial charge in [-0.25, -0.2) is 18.4 Å². The summed E-state index contributed by atoms with van der Waals surface area (Å²) in [5, 5.41) is 11.1. The van der Waals surface area contributed by atoms with E-state index in [0.717, 1.165) is 43.6 Å². The monoisotopic (exact) mass is 376 g/mol. The maximum atomic E-state index is 14.0. The van der Waals surface area contributed by atoms with Crippen LogP contribution < -0.4 is 10.6 Å². The summed E-state index contributed by atoms with van der Waals surface area (Å²) in [6.45, 7) is 7.65. The number of hydrogen-bond acceptors (Lipinski definition) is 3. The second kappa shape index (κ2) is 8.45. The fourth-order valence-corrected chi connectivity index (χ4v) is 3.29. The van der Waals surface area contributed by atoms with Gasteiger partial charge in [0, 0.05) is 37.5 Å². The van der Waals surface area contributed by atoms with E-state index >= 15 is 0 Å². The van der Waals surface area contributed by atoms with Crippen LogP contribution in [0.15, 0.2) is 23.2 Å². The van der Waals surface area contributed by atoms with Crippen molar-refractivity contribution in [3.63, 3.8) is 0 Å². The van der Waals surface area contributed by atoms with Crippen LogP contribution in [0.2, 0.25) is 0 Å². The summed E-state index contributed by atoms with van der Waals surface area (Å²) in [4.78, 5) is 9.02. The summed E-state index contributed by atoms with van der Waals surface area (Å²) in [6, 6.07) is 3.89. The number of aromatic nitrogens is 3. The molecular formula is C19H26F2N6. The SMILES string of the molecule is CCNC(=NCC(C)c1ccc(F)cc1F)NC1CCc2nc(C)nn2C1. The largest absolute Gasteiger partial charge is 0.357 e. The molecule has 0 bridgehead atoms. The number of nitrogens with zero attached hydrogens (tertiary/aromatic N) is 4. The molecule has 8 heteroatoms. The molecule has 2 heterocycles. The molecule has 0 saturated carbocycles. The summed E-state index contributed by atoms with van der Waals surface area (Å²) in [5.41, 5.74) is 0.469. The molecule has 2 aromatic rings. The zero-order valence-electron chi connectivity index (χ0n) is 16.0. The number of aryl methyl sites for hydroxylation is 2. The van der Waals surface area contributed by atoms with Crippen molar-refractivity contribution in [1.29, 1.82) is 0 Å². The van der Waals surface area contributed by atoms with Gasteiger partial charge < -0.3 is 10.6 Å². The molecule has 2 atom stereocenters. The van der Waals surface area contributed by atoms with E-state index in [1.165, 1.54) is 12.1 Å². The molecule has 27 heavy (non-hydrogen) atoms. The van der Waals surface area contributed by atoms with Gasteiger partial charge in [-0.3, -0.25) is 4.99 Å². The number of guanidine groups is 1. The van der Waals surface area contributed by atoms with Crippen molar-refractivity contribution in [3.8, 4) is 0 Å². The average Bonchev–Trinajstić information content (AvgIpc) is 2.99. The van der Waals surface area contributed by atoms with Crippen molar-refractivity contribution < 1.29 is 8.78 Å². The van der Waals surface area contributed by atoms with E-state index in [1.807, 2.05) is 25.5 Å². The second-order valence-electron chi connectivity index (χ2n) is 6.92. The van der Waals surface area contributed by atoms with Crippen molar-refractivity contribution in [2.24, 2.45) is 4.99 Å². The number of nitrogens with one attached hydrogen (secondary N) is 2. The number of aliphatic imine (C=N–C) groups is 1. The number of halogens is 2. The lowest BCUT2D eigenvalue weighted by Gasteiger charge is -2.25. The normalized spacial score (nSPS) is 18.1. The fraction of sp³-hybridized carbons (Fsp3) is 0.526. The molecule has 6 nitrogen and oxygen atoms in total. The van der Waals surface area contributed by atoms with Gasteiger partial charge in [0.1, 0.15) is 23.3 Å². The quantitative estimate of drug-likeness (QED) is 0.622.